The molecule has 0 N–H and O–H groups in total. The van der Waals surface area contributed by atoms with Gasteiger partial charge in [0.05, 0.1) is 0 Å². The zero-order valence-electron chi connectivity index (χ0n) is 21.2. The van der Waals surface area contributed by atoms with Crippen LogP contribution in [-0.2, 0) is 0 Å². The minimum atomic E-state index is 0. The lowest BCUT2D eigenvalue weighted by molar-refractivity contribution is 0.810. The van der Waals surface area contributed by atoms with Crippen molar-refractivity contribution in [1.29, 1.82) is 0 Å². The molecule has 2 aromatic rings. The van der Waals surface area contributed by atoms with Gasteiger partial charge in [-0.2, -0.15) is 0 Å². The second-order valence-electron chi connectivity index (χ2n) is 9.33. The predicted molar refractivity (Wildman–Crippen MR) is 183 cm³/mol. The molecule has 0 bridgehead atoms. The molecule has 0 aliphatic rings. The number of pyridine rings is 1. The van der Waals surface area contributed by atoms with Crippen LogP contribution in [0.1, 0.15) is 91.5 Å². The number of rotatable bonds is 7. The first-order valence-electron chi connectivity index (χ1n) is 10.8. The Labute approximate surface area is 244 Å². The van der Waals surface area contributed by atoms with Crippen molar-refractivity contribution < 1.29 is 0 Å². The Morgan fingerprint density at radius 1 is 0.600 bits per heavy atom. The lowest BCUT2D eigenvalue weighted by Crippen LogP contribution is -2.05. The van der Waals surface area contributed by atoms with E-state index in [0.29, 0.717) is 14.7 Å². The molecule has 0 atom stereocenters. The highest BCUT2D eigenvalue weighted by Crippen LogP contribution is 2.40. The van der Waals surface area contributed by atoms with Gasteiger partial charge in [0.1, 0.15) is 5.03 Å². The zero-order valence-corrected chi connectivity index (χ0v) is 26.1. The lowest BCUT2D eigenvalue weighted by atomic mass is 10.3. The fraction of sp³-hybridized carbons (Fsp3) is 0.607. The van der Waals surface area contributed by atoms with E-state index in [0.717, 1.165) is 10.3 Å². The van der Waals surface area contributed by atoms with E-state index in [1.807, 2.05) is 84.4 Å². The summed E-state index contributed by atoms with van der Waals surface area (Å²) >= 11 is 0. The summed E-state index contributed by atoms with van der Waals surface area (Å²) in [4.78, 5) is 5.52. The molecular weight excluding hydrogens is 543 g/mol. The van der Waals surface area contributed by atoms with Crippen LogP contribution >= 0.6 is 64.8 Å². The minimum absolute atomic E-state index is 0. The fourth-order valence-electron chi connectivity index (χ4n) is 1.43. The van der Waals surface area contributed by atoms with Gasteiger partial charge in [-0.1, -0.05) is 170 Å². The number of aromatic nitrogens is 1. The highest BCUT2D eigenvalue weighted by atomic mass is 33.1. The third-order valence-corrected chi connectivity index (χ3v) is 12.7. The second-order valence-corrected chi connectivity index (χ2v) is 18.8. The molecule has 0 aliphatic carbocycles. The van der Waals surface area contributed by atoms with Gasteiger partial charge in [-0.15, -0.1) is 0 Å². The van der Waals surface area contributed by atoms with E-state index in [1.54, 1.807) is 10.8 Å². The maximum atomic E-state index is 4.19. The molecule has 0 aliphatic heterocycles. The summed E-state index contributed by atoms with van der Waals surface area (Å²) in [5, 5.41) is 2.49. The maximum Gasteiger partial charge on any atom is 0.106 e. The van der Waals surface area contributed by atoms with E-state index in [9.17, 15) is 0 Å². The van der Waals surface area contributed by atoms with Crippen LogP contribution in [0.4, 0.5) is 0 Å². The summed E-state index contributed by atoms with van der Waals surface area (Å²) in [7, 11) is 11.2. The average molecular weight is 596 g/mol. The molecule has 0 saturated heterocycles. The van der Waals surface area contributed by atoms with Crippen LogP contribution < -0.4 is 0 Å². The number of hydrogen-bond donors (Lipinski definition) is 0. The van der Waals surface area contributed by atoms with Crippen LogP contribution in [-0.4, -0.2) is 25.0 Å². The summed E-state index contributed by atoms with van der Waals surface area (Å²) in [5.74, 6) is 0. The Balaban J connectivity index is -0.000000200. The van der Waals surface area contributed by atoms with Gasteiger partial charge in [-0.05, 0) is 35.1 Å². The normalized spacial score (nSPS) is 10.5. The van der Waals surface area contributed by atoms with Crippen LogP contribution in [0.25, 0.3) is 0 Å². The number of benzene rings is 1. The van der Waals surface area contributed by atoms with Crippen LogP contribution in [0, 0.1) is 0 Å². The highest BCUT2D eigenvalue weighted by molar-refractivity contribution is 8.77. The Kier molecular flexibility index (Phi) is 28.7. The second kappa shape index (κ2) is 23.6. The van der Waals surface area contributed by atoms with Gasteiger partial charge in [0.15, 0.2) is 0 Å². The van der Waals surface area contributed by atoms with Gasteiger partial charge >= 0.3 is 0 Å². The van der Waals surface area contributed by atoms with Crippen molar-refractivity contribution in [3.63, 3.8) is 0 Å². The van der Waals surface area contributed by atoms with Crippen molar-refractivity contribution in [3.8, 4) is 0 Å². The summed E-state index contributed by atoms with van der Waals surface area (Å²) in [6.07, 6.45) is 1.82. The fourth-order valence-corrected chi connectivity index (χ4v) is 7.04. The van der Waals surface area contributed by atoms with Crippen LogP contribution in [0.2, 0.25) is 0 Å². The standard InChI is InChI=1S/C10H14S2.C8H11NS2.C7H16S2.3CH4/c1-10(2,3)12-11-9-7-5-4-6-8-9;1-7(2)10-11-8-5-3-4-6-9-8;1-6(2)8-9-7(3,4)5;;;/h4-8H,1-3H3;3-7H,1-2H3;6H,1-5H3;3*1H4. The highest BCUT2D eigenvalue weighted by Gasteiger charge is 2.11. The molecule has 35 heavy (non-hydrogen) atoms. The summed E-state index contributed by atoms with van der Waals surface area (Å²) in [6, 6.07) is 16.5. The van der Waals surface area contributed by atoms with E-state index in [4.69, 9.17) is 0 Å². The van der Waals surface area contributed by atoms with Gasteiger partial charge in [-0.3, -0.25) is 0 Å². The Morgan fingerprint density at radius 2 is 1.09 bits per heavy atom. The molecule has 0 unspecified atom stereocenters. The van der Waals surface area contributed by atoms with Gasteiger partial charge in [0, 0.05) is 31.1 Å². The zero-order chi connectivity index (χ0) is 24.6. The summed E-state index contributed by atoms with van der Waals surface area (Å²) < 4.78 is 0.745. The Morgan fingerprint density at radius 3 is 1.46 bits per heavy atom. The topological polar surface area (TPSA) is 12.9 Å². The van der Waals surface area contributed by atoms with Crippen LogP contribution in [0.5, 0.6) is 0 Å². The van der Waals surface area contributed by atoms with Crippen molar-refractivity contribution in [2.45, 2.75) is 121 Å². The molecule has 0 radical (unpaired) electrons. The molecule has 7 heteroatoms. The third kappa shape index (κ3) is 32.4. The quantitative estimate of drug-likeness (QED) is 0.291. The average Bonchev–Trinajstić information content (AvgIpc) is 2.71. The molecule has 1 aromatic carbocycles. The van der Waals surface area contributed by atoms with Crippen molar-refractivity contribution in [2.24, 2.45) is 0 Å². The molecular formula is C28H53NS6. The van der Waals surface area contributed by atoms with Gasteiger partial charge in [0.25, 0.3) is 0 Å². The first-order chi connectivity index (χ1) is 14.8. The molecule has 0 amide bonds. The van der Waals surface area contributed by atoms with E-state index in [-0.39, 0.29) is 22.3 Å². The molecule has 0 saturated carbocycles. The molecule has 0 fully saturated rings. The molecule has 2 rings (SSSR count). The van der Waals surface area contributed by atoms with E-state index in [1.165, 1.54) is 4.90 Å². The van der Waals surface area contributed by atoms with Gasteiger partial charge in [0.2, 0.25) is 0 Å². The van der Waals surface area contributed by atoms with Crippen LogP contribution in [0.15, 0.2) is 64.6 Å². The molecule has 1 aromatic heterocycles. The number of nitrogens with zero attached hydrogens (tertiary/aromatic N) is 1. The van der Waals surface area contributed by atoms with E-state index < -0.39 is 0 Å². The van der Waals surface area contributed by atoms with E-state index >= 15 is 0 Å². The van der Waals surface area contributed by atoms with Crippen molar-refractivity contribution in [2.75, 3.05) is 0 Å². The summed E-state index contributed by atoms with van der Waals surface area (Å²) in [5.41, 5.74) is 0. The van der Waals surface area contributed by atoms with Gasteiger partial charge < -0.3 is 0 Å². The predicted octanol–water partition coefficient (Wildman–Crippen LogP) is 12.9. The lowest BCUT2D eigenvalue weighted by Gasteiger charge is -2.17. The van der Waals surface area contributed by atoms with E-state index in [2.05, 4.69) is 98.5 Å². The molecule has 1 heterocycles. The van der Waals surface area contributed by atoms with Crippen LogP contribution in [0.3, 0.4) is 0 Å². The third-order valence-electron chi connectivity index (χ3n) is 2.59. The molecule has 0 spiro atoms. The smallest absolute Gasteiger partial charge is 0.106 e. The van der Waals surface area contributed by atoms with Crippen molar-refractivity contribution in [1.82, 2.24) is 4.98 Å². The first-order valence-corrected chi connectivity index (χ1v) is 17.4. The maximum absolute atomic E-state index is 4.19. The summed E-state index contributed by atoms with van der Waals surface area (Å²) in [6.45, 7) is 22.2. The molecule has 1 nitrogen and oxygen atoms in total. The van der Waals surface area contributed by atoms with Gasteiger partial charge in [-0.25, -0.2) is 4.98 Å². The number of hydrogen-bond acceptors (Lipinski definition) is 7. The Hall–Kier alpha value is 0.470. The minimum Gasteiger partial charge on any atom is -0.249 e. The van der Waals surface area contributed by atoms with Crippen molar-refractivity contribution in [3.05, 3.63) is 54.7 Å². The SMILES string of the molecule is C.C.C.CC(C)(C)SSc1ccccc1.CC(C)SSC(C)(C)C.CC(C)SSc1ccccn1. The molecule has 206 valence electrons. The van der Waals surface area contributed by atoms with Crippen molar-refractivity contribution >= 4 is 64.8 Å². The largest absolute Gasteiger partial charge is 0.249 e. The monoisotopic (exact) mass is 595 g/mol. The first kappa shape index (κ1) is 42.6. The Bertz CT molecular complexity index is 680.